The van der Waals surface area contributed by atoms with Crippen molar-refractivity contribution in [3.63, 3.8) is 0 Å². The quantitative estimate of drug-likeness (QED) is 0.225. The molecule has 156 valence electrons. The fraction of sp³-hybridized carbons (Fsp3) is 0.125. The molecule has 0 atom stereocenters. The van der Waals surface area contributed by atoms with E-state index in [0.717, 1.165) is 36.7 Å². The van der Waals surface area contributed by atoms with Gasteiger partial charge in [0.1, 0.15) is 0 Å². The first-order valence-corrected chi connectivity index (χ1v) is 12.4. The normalized spacial score (nSPS) is 11.3. The van der Waals surface area contributed by atoms with Crippen molar-refractivity contribution in [1.82, 2.24) is 10.3 Å². The van der Waals surface area contributed by atoms with Crippen molar-refractivity contribution in [2.24, 2.45) is 4.99 Å². The average Bonchev–Trinajstić information content (AvgIpc) is 3.20. The van der Waals surface area contributed by atoms with Gasteiger partial charge in [0.2, 0.25) is 5.91 Å². The number of nitrogens with zero attached hydrogens (tertiary/aromatic N) is 2. The molecule has 1 aromatic heterocycles. The van der Waals surface area contributed by atoms with Crippen LogP contribution in [0.5, 0.6) is 0 Å². The van der Waals surface area contributed by atoms with Crippen molar-refractivity contribution in [2.75, 3.05) is 12.3 Å². The number of hydrogen-bond acceptors (Lipinski definition) is 5. The molecule has 1 amide bonds. The lowest BCUT2D eigenvalue weighted by Crippen LogP contribution is -2.27. The number of aliphatic imine (C=N–C) groups is 1. The van der Waals surface area contributed by atoms with Crippen molar-refractivity contribution in [1.29, 1.82) is 0 Å². The summed E-state index contributed by atoms with van der Waals surface area (Å²) in [4.78, 5) is 21.3. The lowest BCUT2D eigenvalue weighted by Gasteiger charge is -2.04. The van der Waals surface area contributed by atoms with E-state index in [2.05, 4.69) is 43.4 Å². The van der Waals surface area contributed by atoms with Crippen LogP contribution in [0.25, 0.3) is 10.2 Å². The minimum Gasteiger partial charge on any atom is -0.355 e. The third-order valence-corrected chi connectivity index (χ3v) is 7.18. The molecule has 3 aromatic carbocycles. The molecular formula is C24H20BrN3OS2. The molecule has 0 fully saturated rings. The summed E-state index contributed by atoms with van der Waals surface area (Å²) in [6.07, 6.45) is 2.69. The molecule has 4 nitrogen and oxygen atoms in total. The molecule has 31 heavy (non-hydrogen) atoms. The maximum absolute atomic E-state index is 12.1. The molecule has 0 radical (unpaired) electrons. The van der Waals surface area contributed by atoms with E-state index in [0.29, 0.717) is 12.3 Å². The summed E-state index contributed by atoms with van der Waals surface area (Å²) in [5, 5.41) is 2.98. The molecule has 0 saturated heterocycles. The molecule has 7 heteroatoms. The number of hydrogen-bond donors (Lipinski definition) is 1. The summed E-state index contributed by atoms with van der Waals surface area (Å²) in [6.45, 7) is 0.642. The molecule has 4 aromatic rings. The number of fused-ring (bicyclic) bond motifs is 1. The Bertz CT molecular complexity index is 1190. The number of thioether (sulfide) groups is 1. The van der Waals surface area contributed by atoms with Crippen LogP contribution in [0.15, 0.2) is 86.6 Å². The average molecular weight is 510 g/mol. The molecule has 0 aliphatic rings. The molecular weight excluding hydrogens is 490 g/mol. The van der Waals surface area contributed by atoms with Crippen LogP contribution in [-0.4, -0.2) is 29.4 Å². The Kier molecular flexibility index (Phi) is 7.51. The minimum absolute atomic E-state index is 0.0278. The van der Waals surface area contributed by atoms with Gasteiger partial charge in [-0.15, -0.1) is 11.3 Å². The van der Waals surface area contributed by atoms with Crippen LogP contribution in [0, 0.1) is 0 Å². The number of rotatable bonds is 8. The summed E-state index contributed by atoms with van der Waals surface area (Å²) in [5.41, 5.74) is 4.08. The highest BCUT2D eigenvalue weighted by atomic mass is 79.9. The Morgan fingerprint density at radius 2 is 1.90 bits per heavy atom. The highest BCUT2D eigenvalue weighted by Crippen LogP contribution is 2.31. The van der Waals surface area contributed by atoms with Crippen LogP contribution in [0.2, 0.25) is 0 Å². The first-order valence-electron chi connectivity index (χ1n) is 9.79. The summed E-state index contributed by atoms with van der Waals surface area (Å²) < 4.78 is 3.00. The van der Waals surface area contributed by atoms with Crippen LogP contribution in [0.1, 0.15) is 11.1 Å². The standard InChI is InChI=1S/C24H20BrN3OS2/c25-19-8-6-18(7-9-19)15-27-20-10-11-21-22(14-20)31-24(28-21)30-16-23(29)26-13-12-17-4-2-1-3-5-17/h1-11,14-15H,12-13,16H2,(H,26,29). The van der Waals surface area contributed by atoms with Crippen molar-refractivity contribution in [2.45, 2.75) is 10.8 Å². The third-order valence-electron chi connectivity index (χ3n) is 4.49. The van der Waals surface area contributed by atoms with E-state index in [4.69, 9.17) is 0 Å². The SMILES string of the molecule is O=C(CSc1nc2ccc(N=Cc3ccc(Br)cc3)cc2s1)NCCc1ccccc1. The number of carbonyl (C=O) groups is 1. The number of carbonyl (C=O) groups excluding carboxylic acids is 1. The lowest BCUT2D eigenvalue weighted by molar-refractivity contribution is -0.118. The van der Waals surface area contributed by atoms with E-state index in [1.54, 1.807) is 11.3 Å². The fourth-order valence-corrected chi connectivity index (χ4v) is 5.10. The molecule has 0 aliphatic carbocycles. The first-order chi connectivity index (χ1) is 15.2. The van der Waals surface area contributed by atoms with Gasteiger partial charge in [0.25, 0.3) is 0 Å². The van der Waals surface area contributed by atoms with Gasteiger partial charge in [-0.1, -0.05) is 70.2 Å². The highest BCUT2D eigenvalue weighted by Gasteiger charge is 2.08. The number of benzene rings is 3. The Balaban J connectivity index is 1.30. The number of amides is 1. The molecule has 1 heterocycles. The largest absolute Gasteiger partial charge is 0.355 e. The van der Waals surface area contributed by atoms with E-state index in [1.807, 2.05) is 66.9 Å². The van der Waals surface area contributed by atoms with Gasteiger partial charge in [-0.3, -0.25) is 9.79 Å². The Labute approximate surface area is 198 Å². The number of nitrogens with one attached hydrogen (secondary N) is 1. The number of thiazole rings is 1. The van der Waals surface area contributed by atoms with Gasteiger partial charge in [0, 0.05) is 17.2 Å². The summed E-state index contributed by atoms with van der Waals surface area (Å²) in [5.74, 6) is 0.392. The van der Waals surface area contributed by atoms with Gasteiger partial charge < -0.3 is 5.32 Å². The zero-order valence-electron chi connectivity index (χ0n) is 16.6. The molecule has 0 spiro atoms. The van der Waals surface area contributed by atoms with Gasteiger partial charge >= 0.3 is 0 Å². The van der Waals surface area contributed by atoms with Gasteiger partial charge in [-0.2, -0.15) is 0 Å². The van der Waals surface area contributed by atoms with Crippen molar-refractivity contribution in [3.8, 4) is 0 Å². The van der Waals surface area contributed by atoms with Crippen LogP contribution in [0.3, 0.4) is 0 Å². The van der Waals surface area contributed by atoms with Crippen LogP contribution in [-0.2, 0) is 11.2 Å². The van der Waals surface area contributed by atoms with Gasteiger partial charge in [-0.05, 0) is 47.9 Å². The van der Waals surface area contributed by atoms with Crippen molar-refractivity contribution in [3.05, 3.63) is 88.4 Å². The molecule has 1 N–H and O–H groups in total. The van der Waals surface area contributed by atoms with E-state index in [-0.39, 0.29) is 5.91 Å². The second kappa shape index (κ2) is 10.7. The van der Waals surface area contributed by atoms with E-state index < -0.39 is 0 Å². The topological polar surface area (TPSA) is 54.4 Å². The zero-order valence-corrected chi connectivity index (χ0v) is 19.8. The minimum atomic E-state index is 0.0278. The second-order valence-corrected chi connectivity index (χ2v) is 9.98. The monoisotopic (exact) mass is 509 g/mol. The van der Waals surface area contributed by atoms with Crippen molar-refractivity contribution < 1.29 is 4.79 Å². The zero-order chi connectivity index (χ0) is 21.5. The first kappa shape index (κ1) is 21.7. The Morgan fingerprint density at radius 3 is 2.71 bits per heavy atom. The fourth-order valence-electron chi connectivity index (χ4n) is 2.90. The molecule has 0 unspecified atom stereocenters. The second-order valence-electron chi connectivity index (χ2n) is 6.82. The number of halogens is 1. The third kappa shape index (κ3) is 6.50. The predicted molar refractivity (Wildman–Crippen MR) is 135 cm³/mol. The summed E-state index contributed by atoms with van der Waals surface area (Å²) >= 11 is 6.50. The van der Waals surface area contributed by atoms with E-state index >= 15 is 0 Å². The van der Waals surface area contributed by atoms with E-state index in [9.17, 15) is 4.79 Å². The number of aromatic nitrogens is 1. The maximum Gasteiger partial charge on any atom is 0.230 e. The van der Waals surface area contributed by atoms with Crippen LogP contribution in [0.4, 0.5) is 5.69 Å². The van der Waals surface area contributed by atoms with E-state index in [1.165, 1.54) is 17.3 Å². The lowest BCUT2D eigenvalue weighted by atomic mass is 10.1. The molecule has 0 bridgehead atoms. The molecule has 0 aliphatic heterocycles. The smallest absolute Gasteiger partial charge is 0.230 e. The Morgan fingerprint density at radius 1 is 1.10 bits per heavy atom. The Hall–Kier alpha value is -2.48. The van der Waals surface area contributed by atoms with Gasteiger partial charge in [0.05, 0.1) is 21.7 Å². The molecule has 4 rings (SSSR count). The highest BCUT2D eigenvalue weighted by molar-refractivity contribution is 9.10. The predicted octanol–water partition coefficient (Wildman–Crippen LogP) is 6.26. The van der Waals surface area contributed by atoms with Gasteiger partial charge in [0.15, 0.2) is 4.34 Å². The molecule has 0 saturated carbocycles. The van der Waals surface area contributed by atoms with Crippen molar-refractivity contribution >= 4 is 67.1 Å². The maximum atomic E-state index is 12.1. The summed E-state index contributed by atoms with van der Waals surface area (Å²) in [6, 6.07) is 24.1. The van der Waals surface area contributed by atoms with Crippen LogP contribution >= 0.6 is 39.0 Å². The summed E-state index contributed by atoms with van der Waals surface area (Å²) in [7, 11) is 0. The van der Waals surface area contributed by atoms with Gasteiger partial charge in [-0.25, -0.2) is 4.98 Å². The van der Waals surface area contributed by atoms with Crippen LogP contribution < -0.4 is 5.32 Å².